The Labute approximate surface area is 153 Å². The second-order valence-electron chi connectivity index (χ2n) is 9.21. The number of esters is 1. The SMILES string of the molecule is CC[N+]1(C)C2CC(OC(=O)[C@H](CO)c3ccccc3)CC23C2C4OC42C31. The fourth-order valence-electron chi connectivity index (χ4n) is 7.54. The molecule has 2 saturated heterocycles. The van der Waals surface area contributed by atoms with E-state index in [0.29, 0.717) is 23.6 Å². The summed E-state index contributed by atoms with van der Waals surface area (Å²) in [5, 5.41) is 9.73. The summed E-state index contributed by atoms with van der Waals surface area (Å²) < 4.78 is 12.9. The minimum Gasteiger partial charge on any atom is -0.462 e. The molecule has 0 amide bonds. The van der Waals surface area contributed by atoms with Crippen LogP contribution >= 0.6 is 0 Å². The van der Waals surface area contributed by atoms with Crippen LogP contribution < -0.4 is 0 Å². The maximum Gasteiger partial charge on any atom is 0.316 e. The van der Waals surface area contributed by atoms with Gasteiger partial charge >= 0.3 is 5.97 Å². The molecule has 8 unspecified atom stereocenters. The number of likely N-dealkylation sites (tertiary alicyclic amines) is 1. The second-order valence-corrected chi connectivity index (χ2v) is 9.21. The van der Waals surface area contributed by atoms with Crippen molar-refractivity contribution in [1.82, 2.24) is 0 Å². The molecule has 3 aliphatic carbocycles. The van der Waals surface area contributed by atoms with Gasteiger partial charge in [-0.3, -0.25) is 4.79 Å². The Balaban J connectivity index is 1.20. The minimum absolute atomic E-state index is 0.0170. The van der Waals surface area contributed by atoms with E-state index in [4.69, 9.17) is 9.47 Å². The molecule has 26 heavy (non-hydrogen) atoms. The maximum atomic E-state index is 12.8. The predicted octanol–water partition coefficient (Wildman–Crippen LogP) is 1.45. The second kappa shape index (κ2) is 4.51. The zero-order valence-corrected chi connectivity index (χ0v) is 15.3. The first-order valence-electron chi connectivity index (χ1n) is 9.93. The number of hydrogen-bond acceptors (Lipinski definition) is 4. The molecule has 2 aliphatic heterocycles. The van der Waals surface area contributed by atoms with E-state index < -0.39 is 5.92 Å². The number of rotatable bonds is 5. The number of likely N-dealkylation sites (N-methyl/N-ethyl adjacent to an activating group) is 1. The summed E-state index contributed by atoms with van der Waals surface area (Å²) in [6, 6.07) is 10.7. The zero-order chi connectivity index (χ0) is 17.9. The summed E-state index contributed by atoms with van der Waals surface area (Å²) in [5.41, 5.74) is 1.41. The average molecular weight is 356 g/mol. The number of carbonyl (C=O) groups is 1. The van der Waals surface area contributed by atoms with E-state index in [1.54, 1.807) is 0 Å². The fraction of sp³-hybridized carbons (Fsp3) is 0.667. The first kappa shape index (κ1) is 15.6. The molecule has 0 aromatic heterocycles. The number of quaternary nitrogens is 1. The number of aliphatic hydroxyl groups is 1. The Hall–Kier alpha value is -1.43. The van der Waals surface area contributed by atoms with Crippen molar-refractivity contribution in [2.75, 3.05) is 20.2 Å². The van der Waals surface area contributed by atoms with Gasteiger partial charge in [-0.15, -0.1) is 0 Å². The Morgan fingerprint density at radius 1 is 1.42 bits per heavy atom. The molecule has 5 fully saturated rings. The molecular weight excluding hydrogens is 330 g/mol. The molecule has 2 heterocycles. The van der Waals surface area contributed by atoms with Gasteiger partial charge in [-0.2, -0.15) is 0 Å². The number of fused-ring (bicyclic) bond motifs is 1. The van der Waals surface area contributed by atoms with Gasteiger partial charge in [0.2, 0.25) is 0 Å². The number of epoxide rings is 1. The topological polar surface area (TPSA) is 59.1 Å². The lowest BCUT2D eigenvalue weighted by Gasteiger charge is -2.72. The Morgan fingerprint density at radius 3 is 2.85 bits per heavy atom. The summed E-state index contributed by atoms with van der Waals surface area (Å²) in [5.74, 6) is -0.135. The van der Waals surface area contributed by atoms with Gasteiger partial charge in [0.25, 0.3) is 0 Å². The Morgan fingerprint density at radius 2 is 2.19 bits per heavy atom. The molecule has 0 bridgehead atoms. The minimum atomic E-state index is -0.583. The van der Waals surface area contributed by atoms with Crippen molar-refractivity contribution in [3.63, 3.8) is 0 Å². The number of benzene rings is 1. The molecule has 6 rings (SSSR count). The lowest BCUT2D eigenvalue weighted by Crippen LogP contribution is -2.88. The number of aliphatic hydroxyl groups excluding tert-OH is 1. The van der Waals surface area contributed by atoms with Gasteiger partial charge in [0.15, 0.2) is 5.60 Å². The van der Waals surface area contributed by atoms with Crippen LogP contribution in [0.3, 0.4) is 0 Å². The van der Waals surface area contributed by atoms with Crippen LogP contribution in [0.5, 0.6) is 0 Å². The highest BCUT2D eigenvalue weighted by Gasteiger charge is 3.10. The van der Waals surface area contributed by atoms with Crippen LogP contribution in [0.15, 0.2) is 30.3 Å². The average Bonchev–Trinajstić information content (AvgIpc) is 3.44. The van der Waals surface area contributed by atoms with Crippen molar-refractivity contribution in [3.8, 4) is 0 Å². The molecule has 3 saturated carbocycles. The lowest BCUT2D eigenvalue weighted by molar-refractivity contribution is -1.03. The number of carbonyl (C=O) groups excluding carboxylic acids is 1. The van der Waals surface area contributed by atoms with Crippen molar-refractivity contribution in [1.29, 1.82) is 0 Å². The standard InChI is InChI=1S/C21H26NO4/c1-3-22(2)15-9-13(10-20(15)16-17-21(16,26-17)19(20)22)25-18(24)14(11-23)12-7-5-4-6-8-12/h4-8,13-17,19,23H,3,9-11H2,1-2H3/q+1/t13?,14-,15?,16?,17?,19?,20?,21?,22?/m1/s1. The van der Waals surface area contributed by atoms with Crippen LogP contribution in [0, 0.1) is 11.3 Å². The first-order valence-corrected chi connectivity index (χ1v) is 9.93. The zero-order valence-electron chi connectivity index (χ0n) is 15.3. The molecule has 138 valence electrons. The van der Waals surface area contributed by atoms with E-state index in [1.807, 2.05) is 30.3 Å². The molecule has 2 spiro atoms. The van der Waals surface area contributed by atoms with E-state index in [2.05, 4.69) is 14.0 Å². The van der Waals surface area contributed by atoms with Crippen LogP contribution in [0.1, 0.15) is 31.2 Å². The normalized spacial score (nSPS) is 52.3. The van der Waals surface area contributed by atoms with Crippen LogP contribution in [-0.4, -0.2) is 65.7 Å². The van der Waals surface area contributed by atoms with Crippen LogP contribution in [-0.2, 0) is 14.3 Å². The monoisotopic (exact) mass is 356 g/mol. The summed E-state index contributed by atoms with van der Waals surface area (Å²) in [4.78, 5) is 12.8. The molecule has 5 aliphatic rings. The third kappa shape index (κ3) is 1.43. The van der Waals surface area contributed by atoms with Gasteiger partial charge in [0, 0.05) is 18.8 Å². The number of ether oxygens (including phenoxy) is 2. The summed E-state index contributed by atoms with van der Waals surface area (Å²) >= 11 is 0. The van der Waals surface area contributed by atoms with E-state index in [9.17, 15) is 9.90 Å². The summed E-state index contributed by atoms with van der Waals surface area (Å²) in [6.45, 7) is 3.17. The van der Waals surface area contributed by atoms with E-state index >= 15 is 0 Å². The predicted molar refractivity (Wildman–Crippen MR) is 93.2 cm³/mol. The Bertz CT molecular complexity index is 798. The molecule has 5 nitrogen and oxygen atoms in total. The van der Waals surface area contributed by atoms with Crippen molar-refractivity contribution in [3.05, 3.63) is 35.9 Å². The summed E-state index contributed by atoms with van der Waals surface area (Å²) in [7, 11) is 2.36. The Kier molecular flexibility index (Phi) is 2.71. The van der Waals surface area contributed by atoms with Crippen LogP contribution in [0.25, 0.3) is 0 Å². The fourth-order valence-corrected chi connectivity index (χ4v) is 7.54. The molecule has 1 N–H and O–H groups in total. The number of piperidine rings is 1. The molecule has 1 aromatic rings. The molecule has 9 atom stereocenters. The van der Waals surface area contributed by atoms with Gasteiger partial charge in [-0.1, -0.05) is 30.3 Å². The summed E-state index contributed by atoms with van der Waals surface area (Å²) in [6.07, 6.45) is 2.43. The number of hydrogen-bond donors (Lipinski definition) is 1. The van der Waals surface area contributed by atoms with E-state index in [-0.39, 0.29) is 24.3 Å². The molecular formula is C21H26NO4+. The third-order valence-corrected chi connectivity index (χ3v) is 8.54. The highest BCUT2D eigenvalue weighted by Crippen LogP contribution is 2.93. The smallest absolute Gasteiger partial charge is 0.316 e. The largest absolute Gasteiger partial charge is 0.462 e. The lowest BCUT2D eigenvalue weighted by atomic mass is 9.50. The van der Waals surface area contributed by atoms with Gasteiger partial charge in [-0.25, -0.2) is 0 Å². The van der Waals surface area contributed by atoms with Gasteiger partial charge in [0.1, 0.15) is 30.2 Å². The molecule has 1 aromatic carbocycles. The number of nitrogens with zero attached hydrogens (tertiary/aromatic N) is 1. The van der Waals surface area contributed by atoms with Crippen molar-refractivity contribution >= 4 is 5.97 Å². The quantitative estimate of drug-likeness (QED) is 0.493. The highest BCUT2D eigenvalue weighted by molar-refractivity contribution is 5.78. The van der Waals surface area contributed by atoms with Crippen LogP contribution in [0.2, 0.25) is 0 Å². The molecule has 0 radical (unpaired) electrons. The van der Waals surface area contributed by atoms with Crippen molar-refractivity contribution in [2.45, 2.75) is 55.6 Å². The maximum absolute atomic E-state index is 12.8. The van der Waals surface area contributed by atoms with Crippen molar-refractivity contribution in [2.24, 2.45) is 11.3 Å². The molecule has 5 heteroatoms. The van der Waals surface area contributed by atoms with Crippen LogP contribution in [0.4, 0.5) is 0 Å². The highest BCUT2D eigenvalue weighted by atomic mass is 16.7. The van der Waals surface area contributed by atoms with E-state index in [0.717, 1.165) is 35.4 Å². The van der Waals surface area contributed by atoms with Crippen molar-refractivity contribution < 1.29 is 23.9 Å². The third-order valence-electron chi connectivity index (χ3n) is 8.54. The first-order chi connectivity index (χ1) is 12.5. The van der Waals surface area contributed by atoms with Gasteiger partial charge in [0.05, 0.1) is 25.6 Å². The van der Waals surface area contributed by atoms with Gasteiger partial charge in [-0.05, 0) is 12.5 Å². The van der Waals surface area contributed by atoms with Gasteiger partial charge < -0.3 is 19.1 Å². The van der Waals surface area contributed by atoms with E-state index in [1.165, 1.54) is 0 Å².